The summed E-state index contributed by atoms with van der Waals surface area (Å²) in [6.07, 6.45) is -3.25. The van der Waals surface area contributed by atoms with E-state index >= 15 is 0 Å². The third-order valence-corrected chi connectivity index (χ3v) is 4.98. The number of fused-ring (bicyclic) bond motifs is 1. The fraction of sp³-hybridized carbons (Fsp3) is 0.115. The van der Waals surface area contributed by atoms with Gasteiger partial charge in [-0.05, 0) is 47.5 Å². The first-order valence-electron chi connectivity index (χ1n) is 10.1. The maximum atomic E-state index is 13.7. The largest absolute Gasteiger partial charge is 0.497 e. The van der Waals surface area contributed by atoms with Gasteiger partial charge in [0.15, 0.2) is 0 Å². The first-order valence-corrected chi connectivity index (χ1v) is 10.1. The second kappa shape index (κ2) is 9.35. The zero-order chi connectivity index (χ0) is 24.3. The Balaban J connectivity index is 1.67. The normalized spacial score (nSPS) is 11.3. The highest BCUT2D eigenvalue weighted by molar-refractivity contribution is 5.79. The van der Waals surface area contributed by atoms with Gasteiger partial charge in [-0.15, -0.1) is 0 Å². The molecule has 0 saturated carbocycles. The first-order chi connectivity index (χ1) is 16.3. The topological polar surface area (TPSA) is 57.9 Å². The van der Waals surface area contributed by atoms with E-state index in [0.717, 1.165) is 11.1 Å². The molecule has 4 rings (SSSR count). The standard InChI is InChI=1S/C26H19F3O5/c1-3-16-4-6-17(7-5-16)15-32-20-12-13-21-22(14-20)34-25(26(27,28)29)24(23(21)30)33-19-10-8-18(31-2)9-11-19/h3-14H,1,15H2,2H3. The Morgan fingerprint density at radius 3 is 2.21 bits per heavy atom. The van der Waals surface area contributed by atoms with Crippen LogP contribution in [0.1, 0.15) is 16.9 Å². The van der Waals surface area contributed by atoms with Crippen molar-refractivity contribution in [2.24, 2.45) is 0 Å². The van der Waals surface area contributed by atoms with E-state index in [9.17, 15) is 18.0 Å². The van der Waals surface area contributed by atoms with E-state index in [1.807, 2.05) is 24.3 Å². The Labute approximate surface area is 192 Å². The Morgan fingerprint density at radius 2 is 1.59 bits per heavy atom. The molecule has 3 aromatic carbocycles. The molecule has 0 spiro atoms. The molecular weight excluding hydrogens is 449 g/mol. The minimum absolute atomic E-state index is 0.0281. The van der Waals surface area contributed by atoms with Gasteiger partial charge in [-0.1, -0.05) is 36.9 Å². The number of hydrogen-bond donors (Lipinski definition) is 0. The second-order valence-corrected chi connectivity index (χ2v) is 7.26. The molecule has 0 aliphatic carbocycles. The van der Waals surface area contributed by atoms with E-state index in [1.54, 1.807) is 6.08 Å². The molecule has 0 atom stereocenters. The number of halogens is 3. The van der Waals surface area contributed by atoms with Gasteiger partial charge in [0.1, 0.15) is 29.4 Å². The molecular formula is C26H19F3O5. The third kappa shape index (κ3) is 4.91. The van der Waals surface area contributed by atoms with Gasteiger partial charge in [-0.2, -0.15) is 13.2 Å². The molecule has 0 aliphatic heterocycles. The lowest BCUT2D eigenvalue weighted by Crippen LogP contribution is -2.15. The molecule has 0 saturated heterocycles. The summed E-state index contributed by atoms with van der Waals surface area (Å²) in [6.45, 7) is 3.87. The Bertz CT molecular complexity index is 1370. The second-order valence-electron chi connectivity index (χ2n) is 7.26. The molecule has 8 heteroatoms. The van der Waals surface area contributed by atoms with Crippen LogP contribution in [0, 0.1) is 0 Å². The van der Waals surface area contributed by atoms with Crippen molar-refractivity contribution in [3.8, 4) is 23.0 Å². The van der Waals surface area contributed by atoms with Crippen LogP contribution in [-0.2, 0) is 12.8 Å². The summed E-state index contributed by atoms with van der Waals surface area (Å²) in [4.78, 5) is 12.9. The van der Waals surface area contributed by atoms with Gasteiger partial charge in [0.2, 0.25) is 11.2 Å². The molecule has 0 bridgehead atoms. The van der Waals surface area contributed by atoms with Crippen molar-refractivity contribution in [2.75, 3.05) is 7.11 Å². The van der Waals surface area contributed by atoms with Gasteiger partial charge in [0.05, 0.1) is 12.5 Å². The van der Waals surface area contributed by atoms with Crippen LogP contribution in [0.2, 0.25) is 0 Å². The number of methoxy groups -OCH3 is 1. The molecule has 174 valence electrons. The average Bonchev–Trinajstić information content (AvgIpc) is 2.84. The Kier molecular flexibility index (Phi) is 6.32. The summed E-state index contributed by atoms with van der Waals surface area (Å²) in [5.74, 6) is -1.71. The van der Waals surface area contributed by atoms with Crippen LogP contribution < -0.4 is 19.6 Å². The summed E-state index contributed by atoms with van der Waals surface area (Å²) in [5, 5.41) is -0.0702. The molecule has 1 heterocycles. The van der Waals surface area contributed by atoms with Crippen LogP contribution in [-0.4, -0.2) is 7.11 Å². The molecule has 0 fully saturated rings. The van der Waals surface area contributed by atoms with E-state index in [0.29, 0.717) is 5.75 Å². The van der Waals surface area contributed by atoms with Crippen LogP contribution in [0.5, 0.6) is 23.0 Å². The Hall–Kier alpha value is -4.20. The van der Waals surface area contributed by atoms with Crippen molar-refractivity contribution < 1.29 is 31.8 Å². The van der Waals surface area contributed by atoms with Crippen molar-refractivity contribution in [3.05, 3.63) is 100 Å². The fourth-order valence-corrected chi connectivity index (χ4v) is 3.20. The highest BCUT2D eigenvalue weighted by Crippen LogP contribution is 2.39. The molecule has 34 heavy (non-hydrogen) atoms. The predicted octanol–water partition coefficient (Wildman–Crippen LogP) is 6.83. The number of hydrogen-bond acceptors (Lipinski definition) is 5. The van der Waals surface area contributed by atoms with Crippen LogP contribution in [0.15, 0.2) is 82.5 Å². The number of benzene rings is 3. The molecule has 0 radical (unpaired) electrons. The molecule has 5 nitrogen and oxygen atoms in total. The minimum Gasteiger partial charge on any atom is -0.497 e. The molecule has 0 N–H and O–H groups in total. The number of ether oxygens (including phenoxy) is 3. The van der Waals surface area contributed by atoms with Crippen molar-refractivity contribution >= 4 is 17.0 Å². The number of rotatable bonds is 7. The third-order valence-electron chi connectivity index (χ3n) is 4.98. The van der Waals surface area contributed by atoms with Gasteiger partial charge in [0, 0.05) is 6.07 Å². The van der Waals surface area contributed by atoms with Gasteiger partial charge < -0.3 is 18.6 Å². The van der Waals surface area contributed by atoms with E-state index in [1.165, 1.54) is 49.6 Å². The SMILES string of the molecule is C=Cc1ccc(COc2ccc3c(=O)c(Oc4ccc(OC)cc4)c(C(F)(F)F)oc3c2)cc1. The molecule has 4 aromatic rings. The predicted molar refractivity (Wildman–Crippen MR) is 121 cm³/mol. The van der Waals surface area contributed by atoms with Crippen molar-refractivity contribution in [1.82, 2.24) is 0 Å². The van der Waals surface area contributed by atoms with Crippen molar-refractivity contribution in [3.63, 3.8) is 0 Å². The van der Waals surface area contributed by atoms with Crippen LogP contribution >= 0.6 is 0 Å². The maximum absolute atomic E-state index is 13.7. The Morgan fingerprint density at radius 1 is 0.941 bits per heavy atom. The van der Waals surface area contributed by atoms with Gasteiger partial charge in [-0.25, -0.2) is 0 Å². The summed E-state index contributed by atoms with van der Waals surface area (Å²) in [5.41, 5.74) is 0.588. The van der Waals surface area contributed by atoms with Crippen LogP contribution in [0.3, 0.4) is 0 Å². The summed E-state index contributed by atoms with van der Waals surface area (Å²) >= 11 is 0. The molecule has 0 amide bonds. The van der Waals surface area contributed by atoms with Gasteiger partial charge >= 0.3 is 6.18 Å². The van der Waals surface area contributed by atoms with Crippen LogP contribution in [0.25, 0.3) is 17.0 Å². The summed E-state index contributed by atoms with van der Waals surface area (Å²) in [7, 11) is 1.45. The lowest BCUT2D eigenvalue weighted by Gasteiger charge is -2.14. The van der Waals surface area contributed by atoms with E-state index < -0.39 is 23.1 Å². The van der Waals surface area contributed by atoms with Gasteiger partial charge in [0.25, 0.3) is 5.76 Å². The average molecular weight is 468 g/mol. The zero-order valence-corrected chi connectivity index (χ0v) is 18.0. The molecule has 1 aromatic heterocycles. The number of alkyl halides is 3. The lowest BCUT2D eigenvalue weighted by atomic mass is 10.1. The zero-order valence-electron chi connectivity index (χ0n) is 18.0. The molecule has 0 aliphatic rings. The first kappa shape index (κ1) is 23.0. The van der Waals surface area contributed by atoms with Crippen LogP contribution in [0.4, 0.5) is 13.2 Å². The van der Waals surface area contributed by atoms with E-state index in [2.05, 4.69) is 6.58 Å². The van der Waals surface area contributed by atoms with E-state index in [-0.39, 0.29) is 29.1 Å². The quantitative estimate of drug-likeness (QED) is 0.297. The van der Waals surface area contributed by atoms with E-state index in [4.69, 9.17) is 18.6 Å². The monoisotopic (exact) mass is 468 g/mol. The lowest BCUT2D eigenvalue weighted by molar-refractivity contribution is -0.154. The van der Waals surface area contributed by atoms with Crippen molar-refractivity contribution in [2.45, 2.75) is 12.8 Å². The maximum Gasteiger partial charge on any atom is 0.453 e. The summed E-state index contributed by atoms with van der Waals surface area (Å²) < 4.78 is 62.3. The highest BCUT2D eigenvalue weighted by Gasteiger charge is 2.40. The molecule has 0 unspecified atom stereocenters. The fourth-order valence-electron chi connectivity index (χ4n) is 3.20. The smallest absolute Gasteiger partial charge is 0.453 e. The minimum atomic E-state index is -4.96. The highest BCUT2D eigenvalue weighted by atomic mass is 19.4. The van der Waals surface area contributed by atoms with Gasteiger partial charge in [-0.3, -0.25) is 4.79 Å². The van der Waals surface area contributed by atoms with Crippen molar-refractivity contribution in [1.29, 1.82) is 0 Å². The summed E-state index contributed by atoms with van der Waals surface area (Å²) in [6, 6.07) is 17.3.